The third kappa shape index (κ3) is 3.94. The summed E-state index contributed by atoms with van der Waals surface area (Å²) in [6, 6.07) is 6.02. The first-order valence-corrected chi connectivity index (χ1v) is 4.78. The number of nitro groups is 1. The minimum absolute atomic E-state index is 0.0374. The summed E-state index contributed by atoms with van der Waals surface area (Å²) in [7, 11) is 0. The number of carbonyl (C=O) groups is 1. The number of para-hydroxylation sites is 1. The molecule has 0 aromatic heterocycles. The molecule has 0 aliphatic heterocycles. The standard InChI is InChI=1S/C11H11NO5/c1-2-7-16-11(13)17-8-9-5-3-4-6-10(9)12(14)15/h2-6H,1,7-8H2. The highest BCUT2D eigenvalue weighted by Crippen LogP contribution is 2.18. The van der Waals surface area contributed by atoms with Gasteiger partial charge in [0.1, 0.15) is 13.2 Å². The van der Waals surface area contributed by atoms with Gasteiger partial charge >= 0.3 is 6.16 Å². The molecule has 1 rings (SSSR count). The molecule has 0 aliphatic carbocycles. The van der Waals surface area contributed by atoms with Crippen LogP contribution in [0.4, 0.5) is 10.5 Å². The lowest BCUT2D eigenvalue weighted by molar-refractivity contribution is -0.385. The van der Waals surface area contributed by atoms with Crippen LogP contribution in [0.15, 0.2) is 36.9 Å². The number of hydrogen-bond donors (Lipinski definition) is 0. The zero-order chi connectivity index (χ0) is 12.7. The minimum atomic E-state index is -0.886. The molecule has 6 heteroatoms. The SMILES string of the molecule is C=CCOC(=O)OCc1ccccc1[N+](=O)[O-]. The highest BCUT2D eigenvalue weighted by atomic mass is 16.7. The Morgan fingerprint density at radius 3 is 2.76 bits per heavy atom. The van der Waals surface area contributed by atoms with E-state index in [-0.39, 0.29) is 18.9 Å². The maximum Gasteiger partial charge on any atom is 0.508 e. The monoisotopic (exact) mass is 237 g/mol. The number of nitrogens with zero attached hydrogens (tertiary/aromatic N) is 1. The third-order valence-electron chi connectivity index (χ3n) is 1.85. The van der Waals surface area contributed by atoms with Crippen molar-refractivity contribution < 1.29 is 19.2 Å². The second-order valence-electron chi connectivity index (χ2n) is 3.02. The Morgan fingerprint density at radius 1 is 1.41 bits per heavy atom. The van der Waals surface area contributed by atoms with Crippen LogP contribution in [0.25, 0.3) is 0 Å². The lowest BCUT2D eigenvalue weighted by atomic mass is 10.2. The molecule has 0 aliphatic rings. The van der Waals surface area contributed by atoms with Gasteiger partial charge in [0.25, 0.3) is 5.69 Å². The number of hydrogen-bond acceptors (Lipinski definition) is 5. The lowest BCUT2D eigenvalue weighted by Crippen LogP contribution is -2.08. The normalized spacial score (nSPS) is 9.41. The number of ether oxygens (including phenoxy) is 2. The fourth-order valence-corrected chi connectivity index (χ4v) is 1.12. The van der Waals surface area contributed by atoms with Gasteiger partial charge in [-0.3, -0.25) is 10.1 Å². The number of rotatable bonds is 5. The van der Waals surface area contributed by atoms with Crippen molar-refractivity contribution in [1.82, 2.24) is 0 Å². The fourth-order valence-electron chi connectivity index (χ4n) is 1.12. The van der Waals surface area contributed by atoms with Gasteiger partial charge in [-0.05, 0) is 6.07 Å². The van der Waals surface area contributed by atoms with Gasteiger partial charge in [-0.1, -0.05) is 24.8 Å². The van der Waals surface area contributed by atoms with E-state index in [9.17, 15) is 14.9 Å². The van der Waals surface area contributed by atoms with Crippen molar-refractivity contribution in [2.24, 2.45) is 0 Å². The van der Waals surface area contributed by atoms with Crippen LogP contribution in [-0.4, -0.2) is 17.7 Å². The molecule has 0 bridgehead atoms. The Morgan fingerprint density at radius 2 is 2.12 bits per heavy atom. The van der Waals surface area contributed by atoms with Gasteiger partial charge in [-0.15, -0.1) is 0 Å². The molecule has 0 unspecified atom stereocenters. The van der Waals surface area contributed by atoms with E-state index in [1.165, 1.54) is 24.3 Å². The quantitative estimate of drug-likeness (QED) is 0.340. The Kier molecular flexibility index (Phi) is 4.68. The second-order valence-corrected chi connectivity index (χ2v) is 3.02. The van der Waals surface area contributed by atoms with Crippen molar-refractivity contribution >= 4 is 11.8 Å². The van der Waals surface area contributed by atoms with E-state index in [2.05, 4.69) is 11.3 Å². The van der Waals surface area contributed by atoms with Crippen LogP contribution < -0.4 is 0 Å². The number of benzene rings is 1. The molecule has 0 heterocycles. The van der Waals surface area contributed by atoms with Crippen LogP contribution in [0.3, 0.4) is 0 Å². The van der Waals surface area contributed by atoms with Crippen LogP contribution >= 0.6 is 0 Å². The van der Waals surface area contributed by atoms with E-state index in [1.54, 1.807) is 6.07 Å². The van der Waals surface area contributed by atoms with Crippen LogP contribution in [-0.2, 0) is 16.1 Å². The van der Waals surface area contributed by atoms with E-state index < -0.39 is 11.1 Å². The zero-order valence-electron chi connectivity index (χ0n) is 9.00. The van der Waals surface area contributed by atoms with Crippen LogP contribution in [0.5, 0.6) is 0 Å². The Labute approximate surface area is 97.6 Å². The molecule has 0 spiro atoms. The molecule has 0 N–H and O–H groups in total. The predicted molar refractivity (Wildman–Crippen MR) is 59.4 cm³/mol. The molecule has 1 aromatic rings. The number of nitro benzene ring substituents is 1. The third-order valence-corrected chi connectivity index (χ3v) is 1.85. The molecular formula is C11H11NO5. The van der Waals surface area contributed by atoms with Gasteiger partial charge in [0.15, 0.2) is 0 Å². The maximum atomic E-state index is 11.0. The molecule has 0 saturated heterocycles. The van der Waals surface area contributed by atoms with E-state index >= 15 is 0 Å². The van der Waals surface area contributed by atoms with Gasteiger partial charge < -0.3 is 9.47 Å². The van der Waals surface area contributed by atoms with E-state index in [4.69, 9.17) is 4.74 Å². The van der Waals surface area contributed by atoms with Crippen LogP contribution in [0.2, 0.25) is 0 Å². The molecule has 0 fully saturated rings. The van der Waals surface area contributed by atoms with Crippen molar-refractivity contribution in [2.75, 3.05) is 6.61 Å². The highest BCUT2D eigenvalue weighted by molar-refractivity contribution is 5.60. The van der Waals surface area contributed by atoms with Gasteiger partial charge in [0.05, 0.1) is 10.5 Å². The van der Waals surface area contributed by atoms with Crippen molar-refractivity contribution in [3.8, 4) is 0 Å². The van der Waals surface area contributed by atoms with E-state index in [1.807, 2.05) is 0 Å². The molecule has 0 saturated carbocycles. The molecule has 0 atom stereocenters. The Hall–Kier alpha value is -2.37. The molecule has 0 radical (unpaired) electrons. The summed E-state index contributed by atoms with van der Waals surface area (Å²) in [5.41, 5.74) is 0.220. The van der Waals surface area contributed by atoms with E-state index in [0.717, 1.165) is 0 Å². The first-order chi connectivity index (χ1) is 8.15. The number of carbonyl (C=O) groups excluding carboxylic acids is 1. The first kappa shape index (κ1) is 12.7. The Balaban J connectivity index is 2.60. The van der Waals surface area contributed by atoms with Crippen molar-refractivity contribution in [1.29, 1.82) is 0 Å². The largest absolute Gasteiger partial charge is 0.508 e. The van der Waals surface area contributed by atoms with Gasteiger partial charge in [0, 0.05) is 6.07 Å². The van der Waals surface area contributed by atoms with Gasteiger partial charge in [-0.25, -0.2) is 4.79 Å². The predicted octanol–water partition coefficient (Wildman–Crippen LogP) is 2.43. The van der Waals surface area contributed by atoms with E-state index in [0.29, 0.717) is 5.56 Å². The van der Waals surface area contributed by atoms with Crippen LogP contribution in [0, 0.1) is 10.1 Å². The summed E-state index contributed by atoms with van der Waals surface area (Å²) in [5.74, 6) is 0. The lowest BCUT2D eigenvalue weighted by Gasteiger charge is -2.04. The zero-order valence-corrected chi connectivity index (χ0v) is 9.00. The summed E-state index contributed by atoms with van der Waals surface area (Å²) in [5, 5.41) is 10.7. The summed E-state index contributed by atoms with van der Waals surface area (Å²) in [6.07, 6.45) is 0.509. The molecule has 17 heavy (non-hydrogen) atoms. The average molecular weight is 237 g/mol. The first-order valence-electron chi connectivity index (χ1n) is 4.78. The van der Waals surface area contributed by atoms with Gasteiger partial charge in [-0.2, -0.15) is 0 Å². The molecule has 0 amide bonds. The second kappa shape index (κ2) is 6.26. The highest BCUT2D eigenvalue weighted by Gasteiger charge is 2.14. The van der Waals surface area contributed by atoms with Crippen molar-refractivity contribution in [3.05, 3.63) is 52.6 Å². The Bertz CT molecular complexity index is 430. The summed E-state index contributed by atoms with van der Waals surface area (Å²) >= 11 is 0. The molecule has 6 nitrogen and oxygen atoms in total. The summed E-state index contributed by atoms with van der Waals surface area (Å²) in [6.45, 7) is 3.20. The average Bonchev–Trinajstić information content (AvgIpc) is 2.34. The summed E-state index contributed by atoms with van der Waals surface area (Å²) in [4.78, 5) is 21.1. The smallest absolute Gasteiger partial charge is 0.430 e. The fraction of sp³-hybridized carbons (Fsp3) is 0.182. The minimum Gasteiger partial charge on any atom is -0.430 e. The molecular weight excluding hydrogens is 226 g/mol. The van der Waals surface area contributed by atoms with Crippen molar-refractivity contribution in [3.63, 3.8) is 0 Å². The van der Waals surface area contributed by atoms with Gasteiger partial charge in [0.2, 0.25) is 0 Å². The van der Waals surface area contributed by atoms with Crippen LogP contribution in [0.1, 0.15) is 5.56 Å². The van der Waals surface area contributed by atoms with Crippen molar-refractivity contribution in [2.45, 2.75) is 6.61 Å². The molecule has 1 aromatic carbocycles. The maximum absolute atomic E-state index is 11.0. The molecule has 90 valence electrons. The summed E-state index contributed by atoms with van der Waals surface area (Å²) < 4.78 is 9.27. The topological polar surface area (TPSA) is 78.7 Å².